The molecular weight excluding hydrogens is 454 g/mol. The van der Waals surface area contributed by atoms with E-state index in [1.807, 2.05) is 38.1 Å². The largest absolute Gasteiger partial charge is 0.504 e. The smallest absolute Gasteiger partial charge is 0.336 e. The number of phenolic OH excluding ortho intramolecular Hbond substituents is 1. The van der Waals surface area contributed by atoms with E-state index in [4.69, 9.17) is 21.1 Å². The Kier molecular flexibility index (Phi) is 6.98. The molecule has 4 rings (SSSR count). The Balaban J connectivity index is 1.83. The number of esters is 1. The zero-order valence-corrected chi connectivity index (χ0v) is 20.2. The van der Waals surface area contributed by atoms with E-state index in [1.165, 1.54) is 6.07 Å². The van der Waals surface area contributed by atoms with Gasteiger partial charge in [-0.25, -0.2) is 4.79 Å². The van der Waals surface area contributed by atoms with Crippen LogP contribution in [0.2, 0.25) is 5.02 Å². The Bertz CT molecular complexity index is 1170. The summed E-state index contributed by atoms with van der Waals surface area (Å²) in [4.78, 5) is 26.6. The van der Waals surface area contributed by atoms with Crippen molar-refractivity contribution in [3.05, 3.63) is 81.7 Å². The molecule has 0 aromatic heterocycles. The number of carbonyl (C=O) groups is 2. The molecule has 0 bridgehead atoms. The number of rotatable bonds is 6. The van der Waals surface area contributed by atoms with Crippen molar-refractivity contribution in [1.82, 2.24) is 5.32 Å². The van der Waals surface area contributed by atoms with Gasteiger partial charge in [-0.2, -0.15) is 0 Å². The van der Waals surface area contributed by atoms with Crippen molar-refractivity contribution in [3.8, 4) is 11.5 Å². The minimum atomic E-state index is -0.578. The lowest BCUT2D eigenvalue weighted by Gasteiger charge is -2.39. The van der Waals surface area contributed by atoms with Crippen LogP contribution in [0.1, 0.15) is 50.2 Å². The van der Waals surface area contributed by atoms with Crippen LogP contribution in [0.25, 0.3) is 0 Å². The molecule has 0 amide bonds. The van der Waals surface area contributed by atoms with E-state index in [2.05, 4.69) is 11.4 Å². The first-order chi connectivity index (χ1) is 16.3. The molecule has 178 valence electrons. The van der Waals surface area contributed by atoms with E-state index < -0.39 is 17.8 Å². The van der Waals surface area contributed by atoms with Gasteiger partial charge in [-0.1, -0.05) is 35.9 Å². The van der Waals surface area contributed by atoms with Gasteiger partial charge in [0, 0.05) is 34.7 Å². The molecule has 2 aromatic carbocycles. The Labute approximate surface area is 204 Å². The van der Waals surface area contributed by atoms with E-state index >= 15 is 0 Å². The Hall–Kier alpha value is -3.25. The molecule has 0 radical (unpaired) electrons. The van der Waals surface area contributed by atoms with Crippen LogP contribution in [0.3, 0.4) is 0 Å². The molecule has 2 aliphatic rings. The van der Waals surface area contributed by atoms with Gasteiger partial charge in [0.05, 0.1) is 24.7 Å². The van der Waals surface area contributed by atoms with Crippen molar-refractivity contribution in [2.24, 2.45) is 5.92 Å². The number of aromatic hydroxyl groups is 1. The van der Waals surface area contributed by atoms with Crippen LogP contribution in [-0.2, 0) is 14.3 Å². The molecule has 2 N–H and O–H groups in total. The van der Waals surface area contributed by atoms with Gasteiger partial charge in [0.1, 0.15) is 5.78 Å². The number of ketones is 1. The second kappa shape index (κ2) is 9.94. The average Bonchev–Trinajstić information content (AvgIpc) is 2.80. The highest BCUT2D eigenvalue weighted by Crippen LogP contribution is 2.47. The van der Waals surface area contributed by atoms with Crippen LogP contribution >= 0.6 is 11.6 Å². The van der Waals surface area contributed by atoms with Crippen molar-refractivity contribution in [2.75, 3.05) is 13.2 Å². The third-order valence-corrected chi connectivity index (χ3v) is 6.55. The van der Waals surface area contributed by atoms with E-state index in [-0.39, 0.29) is 24.1 Å². The summed E-state index contributed by atoms with van der Waals surface area (Å²) in [5, 5.41) is 14.2. The Morgan fingerprint density at radius 1 is 1.09 bits per heavy atom. The van der Waals surface area contributed by atoms with Gasteiger partial charge in [-0.3, -0.25) is 4.79 Å². The number of fused-ring (bicyclic) bond motifs is 1. The predicted octanol–water partition coefficient (Wildman–Crippen LogP) is 5.22. The van der Waals surface area contributed by atoms with Gasteiger partial charge in [0.15, 0.2) is 11.5 Å². The summed E-state index contributed by atoms with van der Waals surface area (Å²) in [6, 6.07) is 12.5. The summed E-state index contributed by atoms with van der Waals surface area (Å²) < 4.78 is 10.9. The summed E-state index contributed by atoms with van der Waals surface area (Å²) >= 11 is 6.04. The van der Waals surface area contributed by atoms with Crippen molar-refractivity contribution in [3.63, 3.8) is 0 Å². The second-order valence-corrected chi connectivity index (χ2v) is 8.89. The number of hydrogen-bond acceptors (Lipinski definition) is 6. The highest BCUT2D eigenvalue weighted by Gasteiger charge is 2.45. The maximum Gasteiger partial charge on any atom is 0.336 e. The zero-order valence-electron chi connectivity index (χ0n) is 19.4. The number of ether oxygens (including phenoxy) is 2. The van der Waals surface area contributed by atoms with E-state index in [9.17, 15) is 14.7 Å². The summed E-state index contributed by atoms with van der Waals surface area (Å²) in [7, 11) is 0. The quantitative estimate of drug-likeness (QED) is 0.550. The number of phenols is 1. The number of hydrogen-bond donors (Lipinski definition) is 2. The summed E-state index contributed by atoms with van der Waals surface area (Å²) in [5.41, 5.74) is 3.53. The highest BCUT2D eigenvalue weighted by molar-refractivity contribution is 6.30. The molecule has 2 aromatic rings. The van der Waals surface area contributed by atoms with Gasteiger partial charge >= 0.3 is 5.97 Å². The number of Topliss-reactive ketones (excluding diaryl/α,β-unsaturated/α-hetero) is 1. The predicted molar refractivity (Wildman–Crippen MR) is 130 cm³/mol. The topological polar surface area (TPSA) is 84.9 Å². The van der Waals surface area contributed by atoms with Crippen molar-refractivity contribution in [1.29, 1.82) is 0 Å². The number of carbonyl (C=O) groups excluding carboxylic acids is 2. The molecule has 3 atom stereocenters. The Morgan fingerprint density at radius 2 is 1.79 bits per heavy atom. The third kappa shape index (κ3) is 4.55. The summed E-state index contributed by atoms with van der Waals surface area (Å²) in [5.74, 6) is -1.36. The third-order valence-electron chi connectivity index (χ3n) is 6.30. The van der Waals surface area contributed by atoms with Gasteiger partial charge < -0.3 is 19.9 Å². The molecule has 34 heavy (non-hydrogen) atoms. The zero-order chi connectivity index (χ0) is 24.4. The first-order valence-electron chi connectivity index (χ1n) is 11.4. The fraction of sp³-hybridized carbons (Fsp3) is 0.333. The first-order valence-corrected chi connectivity index (χ1v) is 11.8. The fourth-order valence-electron chi connectivity index (χ4n) is 4.83. The van der Waals surface area contributed by atoms with Crippen LogP contribution in [0.15, 0.2) is 65.5 Å². The van der Waals surface area contributed by atoms with Gasteiger partial charge in [-0.05, 0) is 56.2 Å². The maximum atomic E-state index is 13.6. The van der Waals surface area contributed by atoms with Crippen LogP contribution in [0.5, 0.6) is 11.5 Å². The molecule has 3 unspecified atom stereocenters. The second-order valence-electron chi connectivity index (χ2n) is 8.45. The van der Waals surface area contributed by atoms with Crippen LogP contribution in [-0.4, -0.2) is 30.1 Å². The molecule has 0 spiro atoms. The number of allylic oxidation sites excluding steroid dienone is 3. The van der Waals surface area contributed by atoms with E-state index in [0.717, 1.165) is 11.3 Å². The first kappa shape index (κ1) is 23.9. The van der Waals surface area contributed by atoms with Crippen molar-refractivity contribution >= 4 is 23.4 Å². The van der Waals surface area contributed by atoms with E-state index in [1.54, 1.807) is 19.1 Å². The Morgan fingerprint density at radius 3 is 2.47 bits per heavy atom. The molecule has 1 heterocycles. The monoisotopic (exact) mass is 481 g/mol. The SMILES string of the molecule is CCOC(=O)C1=C(C)NC2=CC(c3ccc(Cl)cc3)CC(=O)C2C1c1ccc(O)c(OCC)c1. The van der Waals surface area contributed by atoms with Crippen molar-refractivity contribution in [2.45, 2.75) is 39.0 Å². The van der Waals surface area contributed by atoms with Crippen molar-refractivity contribution < 1.29 is 24.2 Å². The molecule has 0 saturated carbocycles. The minimum Gasteiger partial charge on any atom is -0.504 e. The summed E-state index contributed by atoms with van der Waals surface area (Å²) in [6.07, 6.45) is 2.37. The molecule has 7 heteroatoms. The standard InChI is InChI=1S/C27H28ClNO5/c1-4-33-23-14-17(8-11-21(23)30)25-24(27(32)34-5-2)15(3)29-20-12-18(13-22(31)26(20)25)16-6-9-19(28)10-7-16/h6-12,14,18,25-26,29-30H,4-5,13H2,1-3H3. The number of nitrogens with one attached hydrogen (secondary N) is 1. The van der Waals surface area contributed by atoms with Gasteiger partial charge in [0.2, 0.25) is 0 Å². The maximum absolute atomic E-state index is 13.6. The average molecular weight is 482 g/mol. The van der Waals surface area contributed by atoms with Gasteiger partial charge in [0.25, 0.3) is 0 Å². The van der Waals surface area contributed by atoms with E-state index in [0.29, 0.717) is 40.6 Å². The summed E-state index contributed by atoms with van der Waals surface area (Å²) in [6.45, 7) is 5.99. The molecule has 0 saturated heterocycles. The minimum absolute atomic E-state index is 0.00598. The van der Waals surface area contributed by atoms with Gasteiger partial charge in [-0.15, -0.1) is 0 Å². The molecule has 6 nitrogen and oxygen atoms in total. The highest BCUT2D eigenvalue weighted by atomic mass is 35.5. The molecule has 0 fully saturated rings. The van der Waals surface area contributed by atoms with Crippen LogP contribution in [0, 0.1) is 5.92 Å². The lowest BCUT2D eigenvalue weighted by Crippen LogP contribution is -2.42. The molecular formula is C27H28ClNO5. The normalized spacial score (nSPS) is 21.9. The molecule has 1 aliphatic carbocycles. The number of halogens is 1. The number of benzene rings is 2. The van der Waals surface area contributed by atoms with Crippen LogP contribution in [0.4, 0.5) is 0 Å². The lowest BCUT2D eigenvalue weighted by atomic mass is 9.68. The van der Waals surface area contributed by atoms with Crippen LogP contribution < -0.4 is 10.1 Å². The lowest BCUT2D eigenvalue weighted by molar-refractivity contribution is -0.139. The fourth-order valence-corrected chi connectivity index (χ4v) is 4.96. The molecule has 1 aliphatic heterocycles.